The highest BCUT2D eigenvalue weighted by Gasteiger charge is 2.21. The highest BCUT2D eigenvalue weighted by atomic mass is 16.5. The summed E-state index contributed by atoms with van der Waals surface area (Å²) in [4.78, 5) is 4.42. The molecule has 1 fully saturated rings. The minimum absolute atomic E-state index is 0.0581. The molecule has 2 heterocycles. The lowest BCUT2D eigenvalue weighted by molar-refractivity contribution is 0.0773. The third kappa shape index (κ3) is 3.78. The summed E-state index contributed by atoms with van der Waals surface area (Å²) in [6.07, 6.45) is 2.17. The van der Waals surface area contributed by atoms with Crippen molar-refractivity contribution in [2.45, 2.75) is 51.6 Å². The Hall–Kier alpha value is -0.940. The van der Waals surface area contributed by atoms with Crippen LogP contribution in [0, 0.1) is 0 Å². The van der Waals surface area contributed by atoms with E-state index in [1.54, 1.807) is 0 Å². The van der Waals surface area contributed by atoms with E-state index in [9.17, 15) is 0 Å². The summed E-state index contributed by atoms with van der Waals surface area (Å²) in [5.74, 6) is 1.74. The van der Waals surface area contributed by atoms with E-state index in [0.29, 0.717) is 25.0 Å². The molecule has 17 heavy (non-hydrogen) atoms. The predicted molar refractivity (Wildman–Crippen MR) is 63.7 cm³/mol. The standard InChI is InChI=1S/C12H21N3O2/c1-12(2,3)13-7-10-14-11(15-17-10)9-5-4-6-16-8-9/h9,13H,4-8H2,1-3H3. The van der Waals surface area contributed by atoms with Gasteiger partial charge in [-0.1, -0.05) is 5.16 Å². The maximum atomic E-state index is 5.42. The summed E-state index contributed by atoms with van der Waals surface area (Å²) in [7, 11) is 0. The first kappa shape index (κ1) is 12.5. The van der Waals surface area contributed by atoms with Gasteiger partial charge in [0.15, 0.2) is 5.82 Å². The Kier molecular flexibility index (Phi) is 3.79. The van der Waals surface area contributed by atoms with Gasteiger partial charge >= 0.3 is 0 Å². The molecular weight excluding hydrogens is 218 g/mol. The maximum absolute atomic E-state index is 5.42. The van der Waals surface area contributed by atoms with Crippen molar-refractivity contribution in [3.8, 4) is 0 Å². The van der Waals surface area contributed by atoms with Gasteiger partial charge in [-0.2, -0.15) is 4.98 Å². The number of nitrogens with one attached hydrogen (secondary N) is 1. The van der Waals surface area contributed by atoms with Crippen LogP contribution in [0.2, 0.25) is 0 Å². The second-order valence-corrected chi connectivity index (χ2v) is 5.56. The smallest absolute Gasteiger partial charge is 0.240 e. The third-order valence-corrected chi connectivity index (χ3v) is 2.78. The van der Waals surface area contributed by atoms with Crippen molar-refractivity contribution in [2.75, 3.05) is 13.2 Å². The van der Waals surface area contributed by atoms with Crippen LogP contribution in [0.15, 0.2) is 4.52 Å². The van der Waals surface area contributed by atoms with Crippen molar-refractivity contribution < 1.29 is 9.26 Å². The highest BCUT2D eigenvalue weighted by molar-refractivity contribution is 4.96. The zero-order chi connectivity index (χ0) is 12.3. The lowest BCUT2D eigenvalue weighted by atomic mass is 10.0. The van der Waals surface area contributed by atoms with E-state index in [-0.39, 0.29) is 5.54 Å². The van der Waals surface area contributed by atoms with Crippen LogP contribution in [-0.2, 0) is 11.3 Å². The molecule has 0 bridgehead atoms. The lowest BCUT2D eigenvalue weighted by Crippen LogP contribution is -2.35. The summed E-state index contributed by atoms with van der Waals surface area (Å²) in [5.41, 5.74) is 0.0581. The average molecular weight is 239 g/mol. The SMILES string of the molecule is CC(C)(C)NCc1nc(C2CCCOC2)no1. The Labute approximate surface area is 102 Å². The van der Waals surface area contributed by atoms with Crippen LogP contribution >= 0.6 is 0 Å². The van der Waals surface area contributed by atoms with Crippen molar-refractivity contribution in [2.24, 2.45) is 0 Å². The van der Waals surface area contributed by atoms with E-state index in [4.69, 9.17) is 9.26 Å². The van der Waals surface area contributed by atoms with Crippen molar-refractivity contribution in [1.29, 1.82) is 0 Å². The number of nitrogens with zero attached hydrogens (tertiary/aromatic N) is 2. The first-order valence-electron chi connectivity index (χ1n) is 6.20. The van der Waals surface area contributed by atoms with Crippen LogP contribution in [0.25, 0.3) is 0 Å². The van der Waals surface area contributed by atoms with E-state index in [0.717, 1.165) is 25.3 Å². The van der Waals surface area contributed by atoms with Gasteiger partial charge in [-0.3, -0.25) is 0 Å². The zero-order valence-electron chi connectivity index (χ0n) is 10.8. The van der Waals surface area contributed by atoms with Gasteiger partial charge in [0.2, 0.25) is 5.89 Å². The fraction of sp³-hybridized carbons (Fsp3) is 0.833. The molecule has 1 aromatic rings. The summed E-state index contributed by atoms with van der Waals surface area (Å²) in [6.45, 7) is 8.51. The molecule has 1 aromatic heterocycles. The van der Waals surface area contributed by atoms with E-state index in [1.807, 2.05) is 0 Å². The van der Waals surface area contributed by atoms with Gasteiger partial charge in [0.1, 0.15) is 0 Å². The Morgan fingerprint density at radius 1 is 1.41 bits per heavy atom. The summed E-state index contributed by atoms with van der Waals surface area (Å²) in [5, 5.41) is 7.36. The van der Waals surface area contributed by atoms with Crippen LogP contribution in [-0.4, -0.2) is 28.9 Å². The van der Waals surface area contributed by atoms with Gasteiger partial charge in [0, 0.05) is 18.1 Å². The van der Waals surface area contributed by atoms with Crippen LogP contribution < -0.4 is 5.32 Å². The molecule has 2 rings (SSSR count). The van der Waals surface area contributed by atoms with Crippen molar-refractivity contribution in [1.82, 2.24) is 15.5 Å². The molecule has 1 aliphatic rings. The number of rotatable bonds is 3. The summed E-state index contributed by atoms with van der Waals surface area (Å²) >= 11 is 0. The molecule has 5 nitrogen and oxygen atoms in total. The molecule has 0 spiro atoms. The molecule has 96 valence electrons. The molecule has 5 heteroatoms. The monoisotopic (exact) mass is 239 g/mol. The molecular formula is C12H21N3O2. The molecule has 1 unspecified atom stereocenters. The van der Waals surface area contributed by atoms with Crippen molar-refractivity contribution in [3.63, 3.8) is 0 Å². The first-order chi connectivity index (χ1) is 8.04. The topological polar surface area (TPSA) is 60.2 Å². The Morgan fingerprint density at radius 2 is 2.24 bits per heavy atom. The highest BCUT2D eigenvalue weighted by Crippen LogP contribution is 2.22. The van der Waals surface area contributed by atoms with Crippen LogP contribution in [0.3, 0.4) is 0 Å². The zero-order valence-corrected chi connectivity index (χ0v) is 10.8. The first-order valence-corrected chi connectivity index (χ1v) is 6.20. The molecule has 1 aliphatic heterocycles. The molecule has 0 radical (unpaired) electrons. The number of hydrogen-bond donors (Lipinski definition) is 1. The number of ether oxygens (including phenoxy) is 1. The Bertz CT molecular complexity index is 351. The van der Waals surface area contributed by atoms with Crippen molar-refractivity contribution >= 4 is 0 Å². The maximum Gasteiger partial charge on any atom is 0.240 e. The molecule has 1 atom stereocenters. The number of aromatic nitrogens is 2. The van der Waals surface area contributed by atoms with Crippen LogP contribution in [0.4, 0.5) is 0 Å². The number of hydrogen-bond acceptors (Lipinski definition) is 5. The lowest BCUT2D eigenvalue weighted by Gasteiger charge is -2.19. The second-order valence-electron chi connectivity index (χ2n) is 5.56. The van der Waals surface area contributed by atoms with Gasteiger partial charge in [-0.15, -0.1) is 0 Å². The van der Waals surface area contributed by atoms with Crippen LogP contribution in [0.1, 0.15) is 51.2 Å². The van der Waals surface area contributed by atoms with Gasteiger partial charge < -0.3 is 14.6 Å². The normalized spacial score (nSPS) is 21.7. The van der Waals surface area contributed by atoms with Gasteiger partial charge in [0.05, 0.1) is 13.2 Å². The Balaban J connectivity index is 1.91. The average Bonchev–Trinajstić information content (AvgIpc) is 2.75. The molecule has 1 saturated heterocycles. The molecule has 1 N–H and O–H groups in total. The van der Waals surface area contributed by atoms with E-state index < -0.39 is 0 Å². The largest absolute Gasteiger partial charge is 0.381 e. The van der Waals surface area contributed by atoms with Crippen LogP contribution in [0.5, 0.6) is 0 Å². The van der Waals surface area contributed by atoms with E-state index >= 15 is 0 Å². The quantitative estimate of drug-likeness (QED) is 0.872. The Morgan fingerprint density at radius 3 is 2.88 bits per heavy atom. The molecule has 0 saturated carbocycles. The molecule has 0 aliphatic carbocycles. The second kappa shape index (κ2) is 5.14. The minimum Gasteiger partial charge on any atom is -0.381 e. The fourth-order valence-electron chi connectivity index (χ4n) is 1.79. The van der Waals surface area contributed by atoms with Gasteiger partial charge in [-0.05, 0) is 33.6 Å². The minimum atomic E-state index is 0.0581. The fourth-order valence-corrected chi connectivity index (χ4v) is 1.79. The summed E-state index contributed by atoms with van der Waals surface area (Å²) in [6, 6.07) is 0. The van der Waals surface area contributed by atoms with E-state index in [1.165, 1.54) is 0 Å². The third-order valence-electron chi connectivity index (χ3n) is 2.78. The molecule has 0 aromatic carbocycles. The summed E-state index contributed by atoms with van der Waals surface area (Å²) < 4.78 is 10.7. The van der Waals surface area contributed by atoms with Gasteiger partial charge in [0.25, 0.3) is 0 Å². The van der Waals surface area contributed by atoms with Gasteiger partial charge in [-0.25, -0.2) is 0 Å². The van der Waals surface area contributed by atoms with Crippen molar-refractivity contribution in [3.05, 3.63) is 11.7 Å². The molecule has 0 amide bonds. The predicted octanol–water partition coefficient (Wildman–Crippen LogP) is 1.85. The van der Waals surface area contributed by atoms with E-state index in [2.05, 4.69) is 36.2 Å².